The number of hydrogen-bond acceptors (Lipinski definition) is 2. The van der Waals surface area contributed by atoms with E-state index in [0.717, 1.165) is 23.3 Å². The van der Waals surface area contributed by atoms with Crippen LogP contribution >= 0.6 is 0 Å². The molecule has 0 atom stereocenters. The van der Waals surface area contributed by atoms with Crippen molar-refractivity contribution in [2.45, 2.75) is 20.8 Å². The average molecular weight is 254 g/mol. The molecule has 18 heavy (non-hydrogen) atoms. The number of nitrogens with zero attached hydrogens (tertiary/aromatic N) is 1. The Morgan fingerprint density at radius 2 is 1.61 bits per heavy atom. The van der Waals surface area contributed by atoms with Crippen molar-refractivity contribution in [3.05, 3.63) is 29.8 Å². The number of rotatable bonds is 6. The zero-order chi connectivity index (χ0) is 14.0. The first-order chi connectivity index (χ1) is 8.53. The van der Waals surface area contributed by atoms with Crippen LogP contribution in [0, 0.1) is 6.92 Å². The summed E-state index contributed by atoms with van der Waals surface area (Å²) < 4.78 is 6.43. The molecule has 0 aliphatic rings. The van der Waals surface area contributed by atoms with Crippen LogP contribution in [0.1, 0.15) is 19.4 Å². The summed E-state index contributed by atoms with van der Waals surface area (Å²) in [7, 11) is 4.18. The van der Waals surface area contributed by atoms with Crippen molar-refractivity contribution in [3.63, 3.8) is 0 Å². The lowest BCUT2D eigenvalue weighted by Gasteiger charge is -2.28. The maximum Gasteiger partial charge on any atom is 0.137 e. The fourth-order valence-corrected chi connectivity index (χ4v) is 1.43. The molecule has 1 N–H and O–H groups in total. The van der Waals surface area contributed by atoms with Gasteiger partial charge < -0.3 is 14.3 Å². The molecule has 1 aromatic rings. The molecule has 0 saturated carbocycles. The third-order valence-electron chi connectivity index (χ3n) is 2.69. The molecule has 3 heteroatoms. The van der Waals surface area contributed by atoms with E-state index in [1.807, 2.05) is 38.1 Å². The molecule has 0 unspecified atom stereocenters. The largest absolute Gasteiger partial charge is 0.488 e. The molecule has 3 nitrogen and oxygen atoms in total. The Bertz CT molecular complexity index is 307. The molecular formula is C15H28NO2+. The van der Waals surface area contributed by atoms with Crippen LogP contribution in [0.2, 0.25) is 0 Å². The van der Waals surface area contributed by atoms with E-state index in [1.165, 1.54) is 5.56 Å². The molecule has 0 fully saturated rings. The highest BCUT2D eigenvalue weighted by Crippen LogP contribution is 2.11. The minimum absolute atomic E-state index is 0.220. The van der Waals surface area contributed by atoms with Crippen molar-refractivity contribution in [2.24, 2.45) is 0 Å². The van der Waals surface area contributed by atoms with Gasteiger partial charge in [-0.15, -0.1) is 0 Å². The molecular weight excluding hydrogens is 226 g/mol. The Hall–Kier alpha value is -1.06. The predicted octanol–water partition coefficient (Wildman–Crippen LogP) is 2.47. The fourth-order valence-electron chi connectivity index (χ4n) is 1.43. The van der Waals surface area contributed by atoms with Crippen LogP contribution in [0.25, 0.3) is 0 Å². The van der Waals surface area contributed by atoms with Gasteiger partial charge in [0.25, 0.3) is 0 Å². The SMILES string of the molecule is CC.Cc1ccc(OCC[N+](C)(C)CCO)cc1. The van der Waals surface area contributed by atoms with E-state index in [2.05, 4.69) is 21.0 Å². The number of likely N-dealkylation sites (N-methyl/N-ethyl adjacent to an activating group) is 1. The monoisotopic (exact) mass is 254 g/mol. The van der Waals surface area contributed by atoms with Gasteiger partial charge in [0.05, 0.1) is 20.7 Å². The molecule has 104 valence electrons. The van der Waals surface area contributed by atoms with Gasteiger partial charge in [0.2, 0.25) is 0 Å². The van der Waals surface area contributed by atoms with Gasteiger partial charge >= 0.3 is 0 Å². The zero-order valence-corrected chi connectivity index (χ0v) is 12.4. The molecule has 0 saturated heterocycles. The Balaban J connectivity index is 0.00000137. The Morgan fingerprint density at radius 3 is 2.11 bits per heavy atom. The maximum atomic E-state index is 8.89. The molecule has 0 aliphatic heterocycles. The average Bonchev–Trinajstić information content (AvgIpc) is 2.34. The van der Waals surface area contributed by atoms with Crippen LogP contribution in [-0.4, -0.2) is 50.0 Å². The topological polar surface area (TPSA) is 29.5 Å². The summed E-state index contributed by atoms with van der Waals surface area (Å²) in [4.78, 5) is 0. The highest BCUT2D eigenvalue weighted by Gasteiger charge is 2.13. The van der Waals surface area contributed by atoms with Crippen LogP contribution < -0.4 is 4.74 Å². The number of ether oxygens (including phenoxy) is 1. The third kappa shape index (κ3) is 7.30. The second kappa shape index (κ2) is 8.95. The number of benzene rings is 1. The molecule has 0 spiro atoms. The molecule has 0 heterocycles. The molecule has 0 amide bonds. The van der Waals surface area contributed by atoms with E-state index in [0.29, 0.717) is 6.61 Å². The summed E-state index contributed by atoms with van der Waals surface area (Å²) in [5, 5.41) is 8.89. The Morgan fingerprint density at radius 1 is 1.06 bits per heavy atom. The fraction of sp³-hybridized carbons (Fsp3) is 0.600. The highest BCUT2D eigenvalue weighted by molar-refractivity contribution is 5.26. The van der Waals surface area contributed by atoms with E-state index in [4.69, 9.17) is 9.84 Å². The van der Waals surface area contributed by atoms with Crippen molar-refractivity contribution in [3.8, 4) is 5.75 Å². The minimum atomic E-state index is 0.220. The first-order valence-electron chi connectivity index (χ1n) is 6.66. The summed E-state index contributed by atoms with van der Waals surface area (Å²) in [6.07, 6.45) is 0. The third-order valence-corrected chi connectivity index (χ3v) is 2.69. The molecule has 0 aromatic heterocycles. The summed E-state index contributed by atoms with van der Waals surface area (Å²) >= 11 is 0. The van der Waals surface area contributed by atoms with Crippen molar-refractivity contribution >= 4 is 0 Å². The number of aliphatic hydroxyl groups is 1. The lowest BCUT2D eigenvalue weighted by Crippen LogP contribution is -2.44. The second-order valence-electron chi connectivity index (χ2n) is 4.77. The highest BCUT2D eigenvalue weighted by atomic mass is 16.5. The van der Waals surface area contributed by atoms with Gasteiger partial charge in [0.15, 0.2) is 0 Å². The van der Waals surface area contributed by atoms with Gasteiger partial charge in [0, 0.05) is 0 Å². The van der Waals surface area contributed by atoms with Crippen LogP contribution in [0.3, 0.4) is 0 Å². The summed E-state index contributed by atoms with van der Waals surface area (Å²) in [6.45, 7) is 8.62. The van der Waals surface area contributed by atoms with Gasteiger partial charge in [0.1, 0.15) is 25.4 Å². The Kier molecular flexibility index (Phi) is 8.42. The van der Waals surface area contributed by atoms with E-state index in [9.17, 15) is 0 Å². The Labute approximate surface area is 112 Å². The van der Waals surface area contributed by atoms with Gasteiger partial charge in [-0.3, -0.25) is 0 Å². The van der Waals surface area contributed by atoms with Crippen LogP contribution in [0.4, 0.5) is 0 Å². The number of aliphatic hydroxyl groups excluding tert-OH is 1. The van der Waals surface area contributed by atoms with Crippen molar-refractivity contribution in [2.75, 3.05) is 40.4 Å². The normalized spacial score (nSPS) is 10.6. The standard InChI is InChI=1S/C13H22NO2.C2H6/c1-12-4-6-13(7-5-12)16-11-9-14(2,3)8-10-15;1-2/h4-7,15H,8-11H2,1-3H3;1-2H3/q+1;. The van der Waals surface area contributed by atoms with Crippen molar-refractivity contribution < 1.29 is 14.3 Å². The maximum absolute atomic E-state index is 8.89. The predicted molar refractivity (Wildman–Crippen MR) is 77.0 cm³/mol. The van der Waals surface area contributed by atoms with Crippen LogP contribution in [-0.2, 0) is 0 Å². The first kappa shape index (κ1) is 16.9. The summed E-state index contributed by atoms with van der Waals surface area (Å²) in [5.74, 6) is 0.912. The van der Waals surface area contributed by atoms with Crippen molar-refractivity contribution in [1.82, 2.24) is 0 Å². The van der Waals surface area contributed by atoms with Gasteiger partial charge in [-0.2, -0.15) is 0 Å². The van der Waals surface area contributed by atoms with E-state index < -0.39 is 0 Å². The number of aryl methyl sites for hydroxylation is 1. The van der Waals surface area contributed by atoms with E-state index in [-0.39, 0.29) is 6.61 Å². The molecule has 0 bridgehead atoms. The van der Waals surface area contributed by atoms with Gasteiger partial charge in [-0.25, -0.2) is 0 Å². The van der Waals surface area contributed by atoms with E-state index >= 15 is 0 Å². The summed E-state index contributed by atoms with van der Waals surface area (Å²) in [5.41, 5.74) is 1.24. The minimum Gasteiger partial charge on any atom is -0.488 e. The zero-order valence-electron chi connectivity index (χ0n) is 12.4. The van der Waals surface area contributed by atoms with Gasteiger partial charge in [-0.1, -0.05) is 31.5 Å². The van der Waals surface area contributed by atoms with Crippen LogP contribution in [0.5, 0.6) is 5.75 Å². The molecule has 1 aromatic carbocycles. The van der Waals surface area contributed by atoms with Gasteiger partial charge in [-0.05, 0) is 19.1 Å². The number of quaternary nitrogens is 1. The smallest absolute Gasteiger partial charge is 0.137 e. The van der Waals surface area contributed by atoms with Crippen molar-refractivity contribution in [1.29, 1.82) is 0 Å². The summed E-state index contributed by atoms with van der Waals surface area (Å²) in [6, 6.07) is 8.06. The van der Waals surface area contributed by atoms with E-state index in [1.54, 1.807) is 0 Å². The van der Waals surface area contributed by atoms with Crippen LogP contribution in [0.15, 0.2) is 24.3 Å². The molecule has 1 rings (SSSR count). The lowest BCUT2D eigenvalue weighted by atomic mass is 10.2. The first-order valence-corrected chi connectivity index (χ1v) is 6.66. The second-order valence-corrected chi connectivity index (χ2v) is 4.77. The molecule has 0 radical (unpaired) electrons. The molecule has 0 aliphatic carbocycles. The lowest BCUT2D eigenvalue weighted by molar-refractivity contribution is -0.890. The quantitative estimate of drug-likeness (QED) is 0.790. The number of hydrogen-bond donors (Lipinski definition) is 1.